The Kier molecular flexibility index (Phi) is 4.42. The minimum absolute atomic E-state index is 0.709. The molecular weight excluding hydrogens is 370 g/mol. The maximum atomic E-state index is 4.73. The lowest BCUT2D eigenvalue weighted by Crippen LogP contribution is -2.44. The van der Waals surface area contributed by atoms with Crippen LogP contribution in [0, 0.1) is 0 Å². The first kappa shape index (κ1) is 17.2. The van der Waals surface area contributed by atoms with Gasteiger partial charge in [0.05, 0.1) is 11.1 Å². The molecule has 3 aromatic heterocycles. The molecule has 2 N–H and O–H groups in total. The summed E-state index contributed by atoms with van der Waals surface area (Å²) in [6, 6.07) is 12.6. The minimum Gasteiger partial charge on any atom is -0.369 e. The quantitative estimate of drug-likeness (QED) is 0.554. The zero-order chi connectivity index (χ0) is 18.9. The van der Waals surface area contributed by atoms with E-state index in [1.165, 1.54) is 5.69 Å². The summed E-state index contributed by atoms with van der Waals surface area (Å²) < 4.78 is 0. The molecule has 1 aromatic carbocycles. The fourth-order valence-corrected chi connectivity index (χ4v) is 4.06. The fourth-order valence-electron chi connectivity index (χ4n) is 3.40. The van der Waals surface area contributed by atoms with Gasteiger partial charge in [-0.1, -0.05) is 6.07 Å². The number of H-pyrrole nitrogens is 1. The summed E-state index contributed by atoms with van der Waals surface area (Å²) in [7, 11) is 2.17. The van der Waals surface area contributed by atoms with Crippen LogP contribution in [0.4, 0.5) is 17.2 Å². The van der Waals surface area contributed by atoms with Crippen LogP contribution in [0.3, 0.4) is 0 Å². The van der Waals surface area contributed by atoms with Crippen molar-refractivity contribution in [1.82, 2.24) is 25.1 Å². The number of thiophene rings is 1. The van der Waals surface area contributed by atoms with Gasteiger partial charge >= 0.3 is 0 Å². The number of fused-ring (bicyclic) bond motifs is 1. The summed E-state index contributed by atoms with van der Waals surface area (Å²) in [6.45, 7) is 4.33. The van der Waals surface area contributed by atoms with Crippen LogP contribution in [-0.4, -0.2) is 58.3 Å². The number of nitrogens with zero attached hydrogens (tertiary/aromatic N) is 5. The van der Waals surface area contributed by atoms with E-state index in [1.807, 2.05) is 17.5 Å². The fraction of sp³-hybridized carbons (Fsp3) is 0.250. The first-order valence-electron chi connectivity index (χ1n) is 9.32. The van der Waals surface area contributed by atoms with Gasteiger partial charge in [-0.15, -0.1) is 11.3 Å². The predicted molar refractivity (Wildman–Crippen MR) is 114 cm³/mol. The van der Waals surface area contributed by atoms with Gasteiger partial charge in [0.25, 0.3) is 0 Å². The Labute approximate surface area is 167 Å². The molecule has 0 bridgehead atoms. The second kappa shape index (κ2) is 7.21. The Bertz CT molecular complexity index is 1060. The van der Waals surface area contributed by atoms with Gasteiger partial charge < -0.3 is 15.1 Å². The molecule has 1 saturated heterocycles. The van der Waals surface area contributed by atoms with Gasteiger partial charge in [0.1, 0.15) is 11.0 Å². The lowest BCUT2D eigenvalue weighted by Gasteiger charge is -2.34. The summed E-state index contributed by atoms with van der Waals surface area (Å²) in [6.07, 6.45) is 1.73. The number of piperazine rings is 1. The molecule has 0 saturated carbocycles. The molecule has 0 radical (unpaired) electrons. The molecule has 1 aliphatic heterocycles. The molecule has 0 unspecified atom stereocenters. The van der Waals surface area contributed by atoms with Crippen molar-refractivity contribution < 1.29 is 0 Å². The molecule has 1 fully saturated rings. The molecule has 4 heterocycles. The third kappa shape index (κ3) is 3.32. The second-order valence-electron chi connectivity index (χ2n) is 6.97. The van der Waals surface area contributed by atoms with Crippen LogP contribution < -0.4 is 10.2 Å². The van der Waals surface area contributed by atoms with Crippen LogP contribution in [0.2, 0.25) is 0 Å². The Balaban J connectivity index is 1.41. The van der Waals surface area contributed by atoms with Crippen molar-refractivity contribution in [1.29, 1.82) is 0 Å². The summed E-state index contributed by atoms with van der Waals surface area (Å²) >= 11 is 1.63. The van der Waals surface area contributed by atoms with Crippen molar-refractivity contribution in [3.63, 3.8) is 0 Å². The summed E-state index contributed by atoms with van der Waals surface area (Å²) in [5.74, 6) is 1.44. The zero-order valence-corrected chi connectivity index (χ0v) is 16.4. The Morgan fingerprint density at radius 1 is 1.04 bits per heavy atom. The Morgan fingerprint density at radius 3 is 2.61 bits per heavy atom. The van der Waals surface area contributed by atoms with Crippen LogP contribution in [0.5, 0.6) is 0 Å². The van der Waals surface area contributed by atoms with E-state index in [0.717, 1.165) is 53.6 Å². The minimum atomic E-state index is 0.709. The van der Waals surface area contributed by atoms with Crippen molar-refractivity contribution in [2.75, 3.05) is 43.4 Å². The van der Waals surface area contributed by atoms with E-state index in [0.29, 0.717) is 5.82 Å². The number of aromatic amines is 1. The maximum Gasteiger partial charge on any atom is 0.172 e. The number of aromatic nitrogens is 4. The molecule has 142 valence electrons. The summed E-state index contributed by atoms with van der Waals surface area (Å²) in [5.41, 5.74) is 3.86. The summed E-state index contributed by atoms with van der Waals surface area (Å²) in [5, 5.41) is 12.6. The van der Waals surface area contributed by atoms with E-state index >= 15 is 0 Å². The molecule has 5 rings (SSSR count). The smallest absolute Gasteiger partial charge is 0.172 e. The normalized spacial score (nSPS) is 15.2. The predicted octanol–water partition coefficient (Wildman–Crippen LogP) is 3.58. The van der Waals surface area contributed by atoms with Crippen molar-refractivity contribution in [2.24, 2.45) is 0 Å². The zero-order valence-electron chi connectivity index (χ0n) is 15.6. The van der Waals surface area contributed by atoms with Gasteiger partial charge in [-0.05, 0) is 42.8 Å². The van der Waals surface area contributed by atoms with Crippen LogP contribution in [0.15, 0.2) is 48.0 Å². The highest BCUT2D eigenvalue weighted by Crippen LogP contribution is 2.28. The van der Waals surface area contributed by atoms with E-state index in [9.17, 15) is 0 Å². The molecule has 0 atom stereocenters. The van der Waals surface area contributed by atoms with Crippen LogP contribution in [0.25, 0.3) is 21.7 Å². The SMILES string of the molecule is CN1CCN(c2ccc(Nc3nc(-c4cccs4)nc4cn[nH]c34)cc2)CC1. The highest BCUT2D eigenvalue weighted by Gasteiger charge is 2.15. The molecule has 8 heteroatoms. The molecular formula is C20H21N7S. The van der Waals surface area contributed by atoms with Crippen LogP contribution in [-0.2, 0) is 0 Å². The molecule has 4 aromatic rings. The van der Waals surface area contributed by atoms with Gasteiger partial charge in [-0.2, -0.15) is 5.10 Å². The average molecular weight is 392 g/mol. The van der Waals surface area contributed by atoms with E-state index < -0.39 is 0 Å². The molecule has 7 nitrogen and oxygen atoms in total. The van der Waals surface area contributed by atoms with Gasteiger partial charge in [-0.3, -0.25) is 5.10 Å². The number of benzene rings is 1. The molecule has 0 spiro atoms. The number of nitrogens with one attached hydrogen (secondary N) is 2. The van der Waals surface area contributed by atoms with E-state index in [1.54, 1.807) is 17.5 Å². The van der Waals surface area contributed by atoms with Gasteiger partial charge in [0.2, 0.25) is 0 Å². The van der Waals surface area contributed by atoms with Crippen molar-refractivity contribution in [3.05, 3.63) is 48.0 Å². The lowest BCUT2D eigenvalue weighted by atomic mass is 10.2. The monoisotopic (exact) mass is 391 g/mol. The number of anilines is 3. The Morgan fingerprint density at radius 2 is 1.86 bits per heavy atom. The number of rotatable bonds is 4. The molecule has 1 aliphatic rings. The van der Waals surface area contributed by atoms with Crippen LogP contribution >= 0.6 is 11.3 Å². The Hall–Kier alpha value is -2.97. The van der Waals surface area contributed by atoms with Crippen molar-refractivity contribution in [3.8, 4) is 10.7 Å². The van der Waals surface area contributed by atoms with E-state index in [-0.39, 0.29) is 0 Å². The van der Waals surface area contributed by atoms with Gasteiger partial charge in [0, 0.05) is 37.6 Å². The van der Waals surface area contributed by atoms with Gasteiger partial charge in [-0.25, -0.2) is 9.97 Å². The average Bonchev–Trinajstić information content (AvgIpc) is 3.41. The first-order valence-corrected chi connectivity index (χ1v) is 10.2. The topological polar surface area (TPSA) is 73.0 Å². The van der Waals surface area contributed by atoms with Crippen LogP contribution in [0.1, 0.15) is 0 Å². The number of likely N-dealkylation sites (N-methyl/N-ethyl adjacent to an activating group) is 1. The van der Waals surface area contributed by atoms with E-state index in [2.05, 4.69) is 61.6 Å². The highest BCUT2D eigenvalue weighted by atomic mass is 32.1. The van der Waals surface area contributed by atoms with Gasteiger partial charge in [0.15, 0.2) is 11.6 Å². The third-order valence-corrected chi connectivity index (χ3v) is 5.91. The maximum absolute atomic E-state index is 4.73. The standard InChI is InChI=1S/C20H21N7S/c1-26-8-10-27(11-9-26)15-6-4-14(5-7-15)22-20-18-16(13-21-25-18)23-19(24-20)17-3-2-12-28-17/h2-7,12-13H,8-11H2,1H3,(H,21,25)(H,22,23,24). The molecule has 0 aliphatic carbocycles. The van der Waals surface area contributed by atoms with E-state index in [4.69, 9.17) is 4.98 Å². The third-order valence-electron chi connectivity index (χ3n) is 5.04. The highest BCUT2D eigenvalue weighted by molar-refractivity contribution is 7.13. The van der Waals surface area contributed by atoms with Crippen molar-refractivity contribution in [2.45, 2.75) is 0 Å². The second-order valence-corrected chi connectivity index (χ2v) is 7.91. The largest absolute Gasteiger partial charge is 0.369 e. The lowest BCUT2D eigenvalue weighted by molar-refractivity contribution is 0.313. The number of hydrogen-bond acceptors (Lipinski definition) is 7. The number of hydrogen-bond donors (Lipinski definition) is 2. The summed E-state index contributed by atoms with van der Waals surface area (Å²) in [4.78, 5) is 15.2. The molecule has 28 heavy (non-hydrogen) atoms. The van der Waals surface area contributed by atoms with Crippen molar-refractivity contribution >= 4 is 39.6 Å². The first-order chi connectivity index (χ1) is 13.8. The molecule has 0 amide bonds.